The lowest BCUT2D eigenvalue weighted by atomic mass is 9.73. The van der Waals surface area contributed by atoms with Crippen LogP contribution in [0.25, 0.3) is 0 Å². The first-order valence-corrected chi connectivity index (χ1v) is 8.16. The van der Waals surface area contributed by atoms with Crippen LogP contribution in [0.15, 0.2) is 16.9 Å². The highest BCUT2D eigenvalue weighted by atomic mass is 16.5. The molecule has 4 atom stereocenters. The van der Waals surface area contributed by atoms with Crippen molar-refractivity contribution >= 4 is 5.91 Å². The van der Waals surface area contributed by atoms with Gasteiger partial charge in [-0.05, 0) is 33.0 Å². The van der Waals surface area contributed by atoms with Gasteiger partial charge < -0.3 is 14.5 Å². The molecular formula is C16H22N4O3. The number of fused-ring (bicyclic) bond motifs is 1. The zero-order chi connectivity index (χ0) is 16.2. The van der Waals surface area contributed by atoms with Crippen LogP contribution in [0.5, 0.6) is 0 Å². The topological polar surface area (TPSA) is 78.5 Å². The summed E-state index contributed by atoms with van der Waals surface area (Å²) in [5.74, 6) is 0.760. The number of amides is 1. The molecule has 2 bridgehead atoms. The first-order chi connectivity index (χ1) is 11.0. The zero-order valence-electron chi connectivity index (χ0n) is 13.5. The number of nitrogens with zero attached hydrogens (tertiary/aromatic N) is 3. The molecule has 4 heterocycles. The summed E-state index contributed by atoms with van der Waals surface area (Å²) >= 11 is 0. The van der Waals surface area contributed by atoms with Crippen LogP contribution in [-0.4, -0.2) is 71.3 Å². The predicted molar refractivity (Wildman–Crippen MR) is 83.1 cm³/mol. The Morgan fingerprint density at radius 1 is 1.52 bits per heavy atom. The second-order valence-corrected chi connectivity index (χ2v) is 7.28. The second-order valence-electron chi connectivity index (χ2n) is 7.28. The summed E-state index contributed by atoms with van der Waals surface area (Å²) < 4.78 is 6.33. The van der Waals surface area contributed by atoms with Crippen molar-refractivity contribution in [3.05, 3.63) is 28.2 Å². The Morgan fingerprint density at radius 2 is 2.35 bits per heavy atom. The number of aromatic amines is 1. The second kappa shape index (κ2) is 5.14. The van der Waals surface area contributed by atoms with Gasteiger partial charge in [-0.3, -0.25) is 9.59 Å². The van der Waals surface area contributed by atoms with Gasteiger partial charge in [-0.15, -0.1) is 0 Å². The third kappa shape index (κ3) is 2.30. The molecule has 7 nitrogen and oxygen atoms in total. The Labute approximate surface area is 134 Å². The molecule has 0 unspecified atom stereocenters. The summed E-state index contributed by atoms with van der Waals surface area (Å²) in [6.45, 7) is 2.35. The van der Waals surface area contributed by atoms with Crippen molar-refractivity contribution in [2.45, 2.75) is 24.5 Å². The maximum Gasteiger partial charge on any atom is 0.274 e. The van der Waals surface area contributed by atoms with Crippen molar-refractivity contribution in [1.82, 2.24) is 20.0 Å². The monoisotopic (exact) mass is 318 g/mol. The van der Waals surface area contributed by atoms with E-state index in [0.717, 1.165) is 19.4 Å². The average Bonchev–Trinajstić information content (AvgIpc) is 3.16. The van der Waals surface area contributed by atoms with Crippen LogP contribution in [0.1, 0.15) is 23.3 Å². The molecule has 3 saturated heterocycles. The molecule has 0 radical (unpaired) electrons. The van der Waals surface area contributed by atoms with E-state index in [1.165, 1.54) is 12.1 Å². The SMILES string of the molecule is CN(C)C[C@H]1[C@@H]2CC[C@@]3(CN(C(=O)c4ccc(=O)[nH]n4)C[C@@H]13)O2. The summed E-state index contributed by atoms with van der Waals surface area (Å²) in [6.07, 6.45) is 2.47. The number of likely N-dealkylation sites (tertiary alicyclic amines) is 1. The van der Waals surface area contributed by atoms with E-state index in [2.05, 4.69) is 29.2 Å². The molecular weight excluding hydrogens is 296 g/mol. The summed E-state index contributed by atoms with van der Waals surface area (Å²) in [7, 11) is 4.17. The summed E-state index contributed by atoms with van der Waals surface area (Å²) in [4.78, 5) is 27.8. The molecule has 23 heavy (non-hydrogen) atoms. The minimum absolute atomic E-state index is 0.124. The van der Waals surface area contributed by atoms with Crippen LogP contribution in [0.4, 0.5) is 0 Å². The predicted octanol–water partition coefficient (Wildman–Crippen LogP) is -0.0489. The van der Waals surface area contributed by atoms with E-state index in [9.17, 15) is 9.59 Å². The van der Waals surface area contributed by atoms with Gasteiger partial charge in [0.05, 0.1) is 18.2 Å². The van der Waals surface area contributed by atoms with E-state index >= 15 is 0 Å². The third-order valence-corrected chi connectivity index (χ3v) is 5.55. The molecule has 3 aliphatic heterocycles. The molecule has 4 rings (SSSR count). The van der Waals surface area contributed by atoms with Gasteiger partial charge >= 0.3 is 0 Å². The quantitative estimate of drug-likeness (QED) is 0.845. The Bertz CT molecular complexity index is 668. The van der Waals surface area contributed by atoms with Crippen molar-refractivity contribution in [1.29, 1.82) is 0 Å². The molecule has 3 fully saturated rings. The van der Waals surface area contributed by atoms with Crippen molar-refractivity contribution < 1.29 is 9.53 Å². The number of nitrogens with one attached hydrogen (secondary N) is 1. The number of ether oxygens (including phenoxy) is 1. The lowest BCUT2D eigenvalue weighted by Gasteiger charge is -2.30. The molecule has 1 aromatic heterocycles. The van der Waals surface area contributed by atoms with E-state index in [-0.39, 0.29) is 17.1 Å². The van der Waals surface area contributed by atoms with Crippen LogP contribution >= 0.6 is 0 Å². The van der Waals surface area contributed by atoms with E-state index in [1.54, 1.807) is 0 Å². The molecule has 1 aromatic rings. The number of aromatic nitrogens is 2. The van der Waals surface area contributed by atoms with Crippen LogP contribution in [0, 0.1) is 11.8 Å². The number of H-pyrrole nitrogens is 1. The number of carbonyl (C=O) groups excluding carboxylic acids is 1. The lowest BCUT2D eigenvalue weighted by Crippen LogP contribution is -2.40. The van der Waals surface area contributed by atoms with Gasteiger partial charge in [0, 0.05) is 31.0 Å². The molecule has 124 valence electrons. The Balaban J connectivity index is 1.55. The number of rotatable bonds is 3. The standard InChI is InChI=1S/C16H22N4O3/c1-19(2)7-10-11-8-20(9-16(11)6-5-13(10)23-16)15(22)12-3-4-14(21)18-17-12/h3-4,10-11,13H,5-9H2,1-2H3,(H,18,21)/t10-,11+,13+,16+/m1/s1. The van der Waals surface area contributed by atoms with Gasteiger partial charge in [0.2, 0.25) is 0 Å². The van der Waals surface area contributed by atoms with E-state index in [0.29, 0.717) is 36.7 Å². The number of hydrogen-bond donors (Lipinski definition) is 1. The fourth-order valence-corrected chi connectivity index (χ4v) is 4.64. The van der Waals surface area contributed by atoms with Crippen molar-refractivity contribution in [2.24, 2.45) is 11.8 Å². The summed E-state index contributed by atoms with van der Waals surface area (Å²) in [5.41, 5.74) is -0.172. The highest BCUT2D eigenvalue weighted by Gasteiger charge is 2.63. The lowest BCUT2D eigenvalue weighted by molar-refractivity contribution is 0.00249. The smallest absolute Gasteiger partial charge is 0.274 e. The van der Waals surface area contributed by atoms with Crippen molar-refractivity contribution in [3.8, 4) is 0 Å². The van der Waals surface area contributed by atoms with Gasteiger partial charge in [-0.25, -0.2) is 5.10 Å². The zero-order valence-corrected chi connectivity index (χ0v) is 13.5. The third-order valence-electron chi connectivity index (χ3n) is 5.55. The number of carbonyl (C=O) groups is 1. The molecule has 1 spiro atoms. The van der Waals surface area contributed by atoms with Gasteiger partial charge in [0.25, 0.3) is 11.5 Å². The molecule has 7 heteroatoms. The minimum atomic E-state index is -0.300. The van der Waals surface area contributed by atoms with Gasteiger partial charge in [0.15, 0.2) is 0 Å². The molecule has 1 amide bonds. The fraction of sp³-hybridized carbons (Fsp3) is 0.688. The maximum absolute atomic E-state index is 12.7. The molecule has 0 aliphatic carbocycles. The molecule has 1 N–H and O–H groups in total. The van der Waals surface area contributed by atoms with Crippen LogP contribution < -0.4 is 5.56 Å². The van der Waals surface area contributed by atoms with Gasteiger partial charge in [-0.2, -0.15) is 5.10 Å². The Morgan fingerprint density at radius 3 is 3.04 bits per heavy atom. The maximum atomic E-state index is 12.7. The molecule has 0 aromatic carbocycles. The van der Waals surface area contributed by atoms with Crippen molar-refractivity contribution in [2.75, 3.05) is 33.7 Å². The van der Waals surface area contributed by atoms with Crippen LogP contribution in [0.2, 0.25) is 0 Å². The summed E-state index contributed by atoms with van der Waals surface area (Å²) in [6, 6.07) is 2.83. The van der Waals surface area contributed by atoms with Crippen molar-refractivity contribution in [3.63, 3.8) is 0 Å². The first-order valence-electron chi connectivity index (χ1n) is 8.16. The highest BCUT2D eigenvalue weighted by Crippen LogP contribution is 2.55. The average molecular weight is 318 g/mol. The van der Waals surface area contributed by atoms with E-state index < -0.39 is 0 Å². The van der Waals surface area contributed by atoms with E-state index in [4.69, 9.17) is 4.74 Å². The fourth-order valence-electron chi connectivity index (χ4n) is 4.64. The first kappa shape index (κ1) is 14.8. The van der Waals surface area contributed by atoms with E-state index in [1.807, 2.05) is 4.90 Å². The van der Waals surface area contributed by atoms with Gasteiger partial charge in [0.1, 0.15) is 5.69 Å². The van der Waals surface area contributed by atoms with Crippen LogP contribution in [-0.2, 0) is 4.74 Å². The minimum Gasteiger partial charge on any atom is -0.369 e. The van der Waals surface area contributed by atoms with Crippen LogP contribution in [0.3, 0.4) is 0 Å². The molecule has 0 saturated carbocycles. The highest BCUT2D eigenvalue weighted by molar-refractivity contribution is 5.92. The number of hydrogen-bond acceptors (Lipinski definition) is 5. The molecule has 3 aliphatic rings. The summed E-state index contributed by atoms with van der Waals surface area (Å²) in [5, 5.41) is 6.20. The normalized spacial score (nSPS) is 35.1. The Hall–Kier alpha value is -1.73. The van der Waals surface area contributed by atoms with Gasteiger partial charge in [-0.1, -0.05) is 0 Å². The largest absolute Gasteiger partial charge is 0.369 e. The Kier molecular flexibility index (Phi) is 3.32.